The highest BCUT2D eigenvalue weighted by Gasteiger charge is 2.26. The van der Waals surface area contributed by atoms with Gasteiger partial charge in [0, 0.05) is 5.92 Å². The molecular weight excluding hydrogens is 440 g/mol. The van der Waals surface area contributed by atoms with Gasteiger partial charge in [-0.2, -0.15) is 0 Å². The van der Waals surface area contributed by atoms with Crippen molar-refractivity contribution in [3.63, 3.8) is 0 Å². The molecule has 0 amide bonds. The summed E-state index contributed by atoms with van der Waals surface area (Å²) in [5.74, 6) is 1.40. The van der Waals surface area contributed by atoms with Crippen LogP contribution in [0.15, 0.2) is 115 Å². The molecule has 0 aromatic heterocycles. The van der Waals surface area contributed by atoms with E-state index in [0.29, 0.717) is 23.7 Å². The summed E-state index contributed by atoms with van der Waals surface area (Å²) >= 11 is 0. The van der Waals surface area contributed by atoms with Crippen LogP contribution in [0.2, 0.25) is 0 Å². The van der Waals surface area contributed by atoms with E-state index in [1.807, 2.05) is 54.6 Å². The number of carbonyl (C=O) groups excluding carboxylic acids is 1. The minimum absolute atomic E-state index is 0.153. The van der Waals surface area contributed by atoms with E-state index in [2.05, 4.69) is 67.6 Å². The molecule has 1 aliphatic rings. The van der Waals surface area contributed by atoms with Gasteiger partial charge in [0.1, 0.15) is 11.9 Å². The van der Waals surface area contributed by atoms with Gasteiger partial charge in [0.05, 0.1) is 12.0 Å². The lowest BCUT2D eigenvalue weighted by Crippen LogP contribution is -2.20. The second kappa shape index (κ2) is 13.4. The normalized spacial score (nSPS) is 14.4. The van der Waals surface area contributed by atoms with Crippen LogP contribution in [0.1, 0.15) is 84.5 Å². The smallest absolute Gasteiger partial charge is 0.170 e. The Morgan fingerprint density at radius 1 is 0.694 bits per heavy atom. The number of unbranched alkanes of at least 4 members (excludes halogenated alkanes) is 3. The fourth-order valence-electron chi connectivity index (χ4n) is 4.80. The van der Waals surface area contributed by atoms with Crippen molar-refractivity contribution in [2.75, 3.05) is 0 Å². The molecule has 0 N–H and O–H groups in total. The van der Waals surface area contributed by atoms with Crippen molar-refractivity contribution >= 4 is 5.78 Å². The predicted octanol–water partition coefficient (Wildman–Crippen LogP) is 9.18. The molecule has 0 radical (unpaired) electrons. The van der Waals surface area contributed by atoms with Gasteiger partial charge >= 0.3 is 0 Å². The first-order valence-corrected chi connectivity index (χ1v) is 13.2. The van der Waals surface area contributed by atoms with Gasteiger partial charge in [0.15, 0.2) is 5.78 Å². The highest BCUT2D eigenvalue weighted by molar-refractivity contribution is 5.99. The van der Waals surface area contributed by atoms with Gasteiger partial charge in [0.2, 0.25) is 0 Å². The Bertz CT molecular complexity index is 1150. The SMILES string of the molecule is CCCCCCC(c1ccccc1)c1ccccc1.O=C1CC(c2ccccc2)Oc2ccccc21. The zero-order valence-corrected chi connectivity index (χ0v) is 21.2. The van der Waals surface area contributed by atoms with Gasteiger partial charge in [0.25, 0.3) is 0 Å². The van der Waals surface area contributed by atoms with Gasteiger partial charge in [-0.1, -0.05) is 136 Å². The highest BCUT2D eigenvalue weighted by Crippen LogP contribution is 2.34. The van der Waals surface area contributed by atoms with Crippen LogP contribution in [0.4, 0.5) is 0 Å². The number of para-hydroxylation sites is 1. The van der Waals surface area contributed by atoms with Gasteiger partial charge in [-0.3, -0.25) is 4.79 Å². The van der Waals surface area contributed by atoms with Gasteiger partial charge in [-0.25, -0.2) is 0 Å². The van der Waals surface area contributed by atoms with Crippen LogP contribution >= 0.6 is 0 Å². The van der Waals surface area contributed by atoms with E-state index in [9.17, 15) is 4.79 Å². The second-order valence-corrected chi connectivity index (χ2v) is 9.36. The number of rotatable bonds is 8. The standard InChI is InChI=1S/C19H24.C15H12O2/c1-2-3-4-11-16-19(17-12-7-5-8-13-17)18-14-9-6-10-15-18;16-13-10-15(11-6-2-1-3-7-11)17-14-9-5-4-8-12(13)14/h5-10,12-15,19H,2-4,11,16H2,1H3;1-9,15H,10H2. The molecule has 4 aromatic carbocycles. The molecule has 1 unspecified atom stereocenters. The van der Waals surface area contributed by atoms with E-state index in [-0.39, 0.29) is 11.9 Å². The fraction of sp³-hybridized carbons (Fsp3) is 0.265. The van der Waals surface area contributed by atoms with Crippen LogP contribution in [-0.4, -0.2) is 5.78 Å². The van der Waals surface area contributed by atoms with Crippen LogP contribution in [0.3, 0.4) is 0 Å². The summed E-state index contributed by atoms with van der Waals surface area (Å²) in [6.45, 7) is 2.27. The van der Waals surface area contributed by atoms with E-state index >= 15 is 0 Å². The molecule has 0 saturated carbocycles. The molecule has 0 spiro atoms. The summed E-state index contributed by atoms with van der Waals surface area (Å²) < 4.78 is 5.87. The van der Waals surface area contributed by atoms with Crippen molar-refractivity contribution < 1.29 is 9.53 Å². The monoisotopic (exact) mass is 476 g/mol. The third kappa shape index (κ3) is 6.95. The Hall–Kier alpha value is -3.65. The summed E-state index contributed by atoms with van der Waals surface area (Å²) in [5.41, 5.74) is 4.64. The van der Waals surface area contributed by atoms with Crippen molar-refractivity contribution in [2.24, 2.45) is 0 Å². The number of fused-ring (bicyclic) bond motifs is 1. The zero-order valence-electron chi connectivity index (χ0n) is 21.2. The maximum absolute atomic E-state index is 12.0. The Labute approximate surface area is 216 Å². The maximum Gasteiger partial charge on any atom is 0.170 e. The third-order valence-electron chi connectivity index (χ3n) is 6.75. The lowest BCUT2D eigenvalue weighted by atomic mass is 9.87. The summed E-state index contributed by atoms with van der Waals surface area (Å²) in [6, 6.07) is 39.1. The molecule has 1 atom stereocenters. The van der Waals surface area contributed by atoms with Crippen molar-refractivity contribution in [3.05, 3.63) is 138 Å². The molecule has 5 rings (SSSR count). The molecule has 2 heteroatoms. The summed E-state index contributed by atoms with van der Waals surface area (Å²) in [5, 5.41) is 0. The number of hydrogen-bond donors (Lipinski definition) is 0. The van der Waals surface area contributed by atoms with Crippen LogP contribution in [0.25, 0.3) is 0 Å². The fourth-order valence-corrected chi connectivity index (χ4v) is 4.80. The number of ether oxygens (including phenoxy) is 1. The summed E-state index contributed by atoms with van der Waals surface area (Å²) in [7, 11) is 0. The average molecular weight is 477 g/mol. The largest absolute Gasteiger partial charge is 0.484 e. The Morgan fingerprint density at radius 2 is 1.25 bits per heavy atom. The predicted molar refractivity (Wildman–Crippen MR) is 149 cm³/mol. The Morgan fingerprint density at radius 3 is 1.86 bits per heavy atom. The second-order valence-electron chi connectivity index (χ2n) is 9.36. The minimum atomic E-state index is -0.154. The van der Waals surface area contributed by atoms with E-state index in [4.69, 9.17) is 4.74 Å². The molecule has 0 fully saturated rings. The van der Waals surface area contributed by atoms with Crippen LogP contribution < -0.4 is 4.74 Å². The van der Waals surface area contributed by atoms with Gasteiger partial charge in [-0.05, 0) is 35.2 Å². The molecule has 0 saturated heterocycles. The quantitative estimate of drug-likeness (QED) is 0.237. The molecule has 0 aliphatic carbocycles. The van der Waals surface area contributed by atoms with E-state index < -0.39 is 0 Å². The number of Topliss-reactive ketones (excluding diaryl/α,β-unsaturated/α-hetero) is 1. The first-order valence-electron chi connectivity index (χ1n) is 13.2. The summed E-state index contributed by atoms with van der Waals surface area (Å²) in [4.78, 5) is 12.0. The zero-order chi connectivity index (χ0) is 25.0. The molecule has 0 bridgehead atoms. The van der Waals surface area contributed by atoms with Crippen molar-refractivity contribution in [1.82, 2.24) is 0 Å². The average Bonchev–Trinajstić information content (AvgIpc) is 2.95. The molecular formula is C34H36O2. The number of hydrogen-bond acceptors (Lipinski definition) is 2. The molecule has 1 aliphatic heterocycles. The highest BCUT2D eigenvalue weighted by atomic mass is 16.5. The van der Waals surface area contributed by atoms with Crippen molar-refractivity contribution in [2.45, 2.75) is 57.5 Å². The van der Waals surface area contributed by atoms with E-state index in [1.165, 1.54) is 43.2 Å². The summed E-state index contributed by atoms with van der Waals surface area (Å²) in [6.07, 6.45) is 6.86. The van der Waals surface area contributed by atoms with Gasteiger partial charge < -0.3 is 4.74 Å². The van der Waals surface area contributed by atoms with Crippen LogP contribution in [0, 0.1) is 0 Å². The topological polar surface area (TPSA) is 26.3 Å². The number of ketones is 1. The van der Waals surface area contributed by atoms with Gasteiger partial charge in [-0.15, -0.1) is 0 Å². The molecule has 4 aromatic rings. The molecule has 2 nitrogen and oxygen atoms in total. The van der Waals surface area contributed by atoms with E-state index in [1.54, 1.807) is 0 Å². The van der Waals surface area contributed by atoms with E-state index in [0.717, 1.165) is 5.56 Å². The lowest BCUT2D eigenvalue weighted by molar-refractivity contribution is 0.0850. The molecule has 36 heavy (non-hydrogen) atoms. The third-order valence-corrected chi connectivity index (χ3v) is 6.75. The maximum atomic E-state index is 12.0. The van der Waals surface area contributed by atoms with Crippen molar-refractivity contribution in [1.29, 1.82) is 0 Å². The Kier molecular flexibility index (Phi) is 9.50. The van der Waals surface area contributed by atoms with Crippen LogP contribution in [0.5, 0.6) is 5.75 Å². The first kappa shape index (κ1) is 25.4. The molecule has 1 heterocycles. The van der Waals surface area contributed by atoms with Crippen molar-refractivity contribution in [3.8, 4) is 5.75 Å². The number of carbonyl (C=O) groups is 1. The van der Waals surface area contributed by atoms with Crippen LogP contribution in [-0.2, 0) is 0 Å². The minimum Gasteiger partial charge on any atom is -0.484 e. The first-order chi connectivity index (χ1) is 17.8. The Balaban J connectivity index is 0.000000170. The lowest BCUT2D eigenvalue weighted by Gasteiger charge is -2.25. The number of benzene rings is 4. The molecule has 184 valence electrons.